The van der Waals surface area contributed by atoms with E-state index >= 15 is 0 Å². The molecule has 0 saturated carbocycles. The molecular formula is C5H5N9O3. The number of nitrogens with zero attached hydrogens (tertiary/aromatic N) is 9. The molecule has 88 valence electrons. The largest absolute Gasteiger partial charge is 0.508 e. The lowest BCUT2D eigenvalue weighted by Crippen LogP contribution is -2.27. The van der Waals surface area contributed by atoms with Gasteiger partial charge in [0, 0.05) is 21.2 Å². The molecule has 12 nitrogen and oxygen atoms in total. The normalized spacial score (nSPS) is 20.7. The van der Waals surface area contributed by atoms with E-state index in [4.69, 9.17) is 16.6 Å². The molecule has 1 aliphatic heterocycles. The maximum atomic E-state index is 10.7. The molecule has 0 amide bonds. The summed E-state index contributed by atoms with van der Waals surface area (Å²) in [4.78, 5) is 17.9. The van der Waals surface area contributed by atoms with Gasteiger partial charge < -0.3 is 9.47 Å². The molecular weight excluding hydrogens is 234 g/mol. The summed E-state index contributed by atoms with van der Waals surface area (Å²) in [6.45, 7) is -0.108. The molecule has 1 saturated heterocycles. The van der Waals surface area contributed by atoms with Crippen LogP contribution in [-0.4, -0.2) is 24.7 Å². The zero-order valence-corrected chi connectivity index (χ0v) is 8.24. The van der Waals surface area contributed by atoms with Crippen LogP contribution in [0.25, 0.3) is 31.3 Å². The Morgan fingerprint density at radius 2 is 1.76 bits per heavy atom. The summed E-state index contributed by atoms with van der Waals surface area (Å²) in [6, 6.07) is 0. The Balaban J connectivity index is 2.96. The van der Waals surface area contributed by atoms with Crippen LogP contribution in [0.1, 0.15) is 6.42 Å². The number of hydrogen-bond donors (Lipinski definition) is 0. The Morgan fingerprint density at radius 1 is 1.24 bits per heavy atom. The van der Waals surface area contributed by atoms with Crippen LogP contribution in [0.5, 0.6) is 0 Å². The van der Waals surface area contributed by atoms with Crippen molar-refractivity contribution in [2.75, 3.05) is 6.61 Å². The molecule has 0 aliphatic carbocycles. The van der Waals surface area contributed by atoms with Crippen LogP contribution in [0.3, 0.4) is 0 Å². The van der Waals surface area contributed by atoms with Crippen molar-refractivity contribution in [2.24, 2.45) is 15.3 Å². The molecule has 0 N–H and O–H groups in total. The summed E-state index contributed by atoms with van der Waals surface area (Å²) < 4.78 is 9.13. The van der Waals surface area contributed by atoms with Gasteiger partial charge in [-0.2, -0.15) is 0 Å². The summed E-state index contributed by atoms with van der Waals surface area (Å²) in [5.74, 6) is -2.03. The van der Waals surface area contributed by atoms with Crippen LogP contribution >= 0.6 is 0 Å². The average Bonchev–Trinajstić information content (AvgIpc) is 2.65. The fourth-order valence-corrected chi connectivity index (χ4v) is 1.17. The lowest BCUT2D eigenvalue weighted by atomic mass is 10.2. The molecule has 0 aromatic rings. The van der Waals surface area contributed by atoms with Gasteiger partial charge in [0.25, 0.3) is 0 Å². The molecule has 1 fully saturated rings. The maximum Gasteiger partial charge on any atom is 0.508 e. The molecule has 12 heteroatoms. The molecule has 0 spiro atoms. The lowest BCUT2D eigenvalue weighted by Gasteiger charge is -2.18. The van der Waals surface area contributed by atoms with Gasteiger partial charge in [-0.3, -0.25) is 0 Å². The summed E-state index contributed by atoms with van der Waals surface area (Å²) in [6.07, 6.45) is -2.01. The summed E-state index contributed by atoms with van der Waals surface area (Å²) >= 11 is 0. The fourth-order valence-electron chi connectivity index (χ4n) is 1.17. The Labute approximate surface area is 93.0 Å². The second-order valence-corrected chi connectivity index (χ2v) is 2.85. The Bertz CT molecular complexity index is 410. The Kier molecular flexibility index (Phi) is 3.85. The minimum Gasteiger partial charge on any atom is -0.430 e. The SMILES string of the molecule is [N-]=[N+]=NC(CC1COC(=O)O1)(N=[N+]=[N-])N=[N+]=[N-]. The third kappa shape index (κ3) is 3.08. The van der Waals surface area contributed by atoms with Crippen molar-refractivity contribution in [1.82, 2.24) is 0 Å². The summed E-state index contributed by atoms with van der Waals surface area (Å²) in [7, 11) is 0. The highest BCUT2D eigenvalue weighted by atomic mass is 16.8. The first-order chi connectivity index (χ1) is 8.15. The number of carbonyl (C=O) groups excluding carboxylic acids is 1. The predicted octanol–water partition coefficient (Wildman–Crippen LogP) is 2.50. The number of azide groups is 1. The Hall–Kier alpha value is -2.80. The first kappa shape index (κ1) is 12.3. The zero-order chi connectivity index (χ0) is 12.7. The minimum absolute atomic E-state index is 0.108. The highest BCUT2D eigenvalue weighted by Gasteiger charge is 2.36. The van der Waals surface area contributed by atoms with Gasteiger partial charge in [-0.25, -0.2) is 4.79 Å². The van der Waals surface area contributed by atoms with Gasteiger partial charge in [-0.05, 0) is 16.6 Å². The number of carbonyl (C=O) groups is 1. The monoisotopic (exact) mass is 239 g/mol. The highest BCUT2D eigenvalue weighted by molar-refractivity contribution is 5.61. The predicted molar refractivity (Wildman–Crippen MR) is 51.0 cm³/mol. The van der Waals surface area contributed by atoms with Gasteiger partial charge in [-0.1, -0.05) is 15.3 Å². The van der Waals surface area contributed by atoms with Crippen LogP contribution in [0.2, 0.25) is 0 Å². The number of hydrogen-bond acceptors (Lipinski definition) is 6. The fraction of sp³-hybridized carbons (Fsp3) is 0.800. The molecule has 0 bridgehead atoms. The van der Waals surface area contributed by atoms with Crippen LogP contribution < -0.4 is 0 Å². The third-order valence-corrected chi connectivity index (χ3v) is 1.77. The van der Waals surface area contributed by atoms with Crippen molar-refractivity contribution in [3.05, 3.63) is 31.3 Å². The van der Waals surface area contributed by atoms with Crippen molar-refractivity contribution in [3.8, 4) is 0 Å². The standard InChI is InChI=1S/C5H5N9O3/c6-12-9-5(10-13-7,11-14-8)1-3-2-16-4(15)17-3/h3H,1-2H2. The third-order valence-electron chi connectivity index (χ3n) is 1.77. The molecule has 0 aromatic carbocycles. The van der Waals surface area contributed by atoms with E-state index in [1.807, 2.05) is 0 Å². The molecule has 1 unspecified atom stereocenters. The minimum atomic E-state index is -2.03. The average molecular weight is 239 g/mol. The van der Waals surface area contributed by atoms with Gasteiger partial charge in [0.15, 0.2) is 0 Å². The van der Waals surface area contributed by atoms with Gasteiger partial charge in [0.1, 0.15) is 12.7 Å². The molecule has 0 radical (unpaired) electrons. The molecule has 1 rings (SSSR count). The second kappa shape index (κ2) is 5.33. The van der Waals surface area contributed by atoms with E-state index in [0.29, 0.717) is 0 Å². The molecule has 0 aromatic heterocycles. The van der Waals surface area contributed by atoms with E-state index in [2.05, 4.69) is 39.6 Å². The smallest absolute Gasteiger partial charge is 0.430 e. The van der Waals surface area contributed by atoms with Crippen molar-refractivity contribution < 1.29 is 14.3 Å². The van der Waals surface area contributed by atoms with Crippen LogP contribution in [-0.2, 0) is 9.47 Å². The van der Waals surface area contributed by atoms with E-state index in [-0.39, 0.29) is 13.0 Å². The van der Waals surface area contributed by atoms with Crippen LogP contribution in [0.4, 0.5) is 4.79 Å². The second-order valence-electron chi connectivity index (χ2n) is 2.85. The first-order valence-corrected chi connectivity index (χ1v) is 4.18. The van der Waals surface area contributed by atoms with Crippen molar-refractivity contribution in [1.29, 1.82) is 0 Å². The maximum absolute atomic E-state index is 10.7. The number of rotatable bonds is 5. The van der Waals surface area contributed by atoms with E-state index < -0.39 is 18.0 Å². The molecule has 1 aliphatic rings. The molecule has 1 atom stereocenters. The van der Waals surface area contributed by atoms with Crippen molar-refractivity contribution in [3.63, 3.8) is 0 Å². The topological polar surface area (TPSA) is 182 Å². The van der Waals surface area contributed by atoms with E-state index in [0.717, 1.165) is 0 Å². The van der Waals surface area contributed by atoms with Crippen molar-refractivity contribution >= 4 is 6.16 Å². The number of ether oxygens (including phenoxy) is 2. The van der Waals surface area contributed by atoms with E-state index in [1.54, 1.807) is 0 Å². The molecule has 1 heterocycles. The summed E-state index contributed by atoms with van der Waals surface area (Å²) in [5, 5.41) is 9.35. The lowest BCUT2D eigenvalue weighted by molar-refractivity contribution is 0.109. The zero-order valence-electron chi connectivity index (χ0n) is 8.24. The van der Waals surface area contributed by atoms with Crippen LogP contribution in [0.15, 0.2) is 15.3 Å². The van der Waals surface area contributed by atoms with Gasteiger partial charge in [0.2, 0.25) is 5.79 Å². The quantitative estimate of drug-likeness (QED) is 0.309. The first-order valence-electron chi connectivity index (χ1n) is 4.18. The Morgan fingerprint density at radius 3 is 2.12 bits per heavy atom. The summed E-state index contributed by atoms with van der Waals surface area (Å²) in [5.41, 5.74) is 25.0. The van der Waals surface area contributed by atoms with E-state index in [9.17, 15) is 4.79 Å². The van der Waals surface area contributed by atoms with Crippen LogP contribution in [0, 0.1) is 0 Å². The van der Waals surface area contributed by atoms with Gasteiger partial charge >= 0.3 is 6.16 Å². The van der Waals surface area contributed by atoms with Gasteiger partial charge in [0.05, 0.1) is 0 Å². The van der Waals surface area contributed by atoms with E-state index in [1.165, 1.54) is 0 Å². The molecule has 17 heavy (non-hydrogen) atoms. The van der Waals surface area contributed by atoms with Gasteiger partial charge in [-0.15, -0.1) is 0 Å². The van der Waals surface area contributed by atoms with Crippen molar-refractivity contribution in [2.45, 2.75) is 18.3 Å². The number of cyclic esters (lactones) is 2. The highest BCUT2D eigenvalue weighted by Crippen LogP contribution is 2.26.